The van der Waals surface area contributed by atoms with Crippen LogP contribution in [0.2, 0.25) is 0 Å². The summed E-state index contributed by atoms with van der Waals surface area (Å²) in [5.41, 5.74) is 2.82. The zero-order valence-electron chi connectivity index (χ0n) is 11.3. The van der Waals surface area contributed by atoms with Crippen LogP contribution in [0.1, 0.15) is 30.5 Å². The molecule has 2 rings (SSSR count). The Morgan fingerprint density at radius 1 is 0.895 bits per heavy atom. The average Bonchev–Trinajstić information content (AvgIpc) is 2.35. The second-order valence-electron chi connectivity index (χ2n) is 5.33. The topological polar surface area (TPSA) is 40.5 Å². The summed E-state index contributed by atoms with van der Waals surface area (Å²) in [5.74, 6) is 0.491. The number of hydrogen-bond donors (Lipinski definition) is 3. The van der Waals surface area contributed by atoms with E-state index in [1.165, 1.54) is 0 Å². The highest BCUT2D eigenvalue weighted by molar-refractivity contribution is 7.80. The van der Waals surface area contributed by atoms with Crippen molar-refractivity contribution in [2.45, 2.75) is 31.1 Å². The Bertz CT molecular complexity index is 565. The van der Waals surface area contributed by atoms with E-state index in [1.54, 1.807) is 12.1 Å². The molecule has 0 aliphatic heterocycles. The molecule has 0 radical (unpaired) electrons. The van der Waals surface area contributed by atoms with Gasteiger partial charge in [0.05, 0.1) is 0 Å². The molecule has 2 nitrogen and oxygen atoms in total. The second kappa shape index (κ2) is 4.82. The Morgan fingerprint density at radius 2 is 1.42 bits per heavy atom. The van der Waals surface area contributed by atoms with E-state index in [1.807, 2.05) is 31.2 Å². The molecule has 2 aromatic rings. The maximum Gasteiger partial charge on any atom is 0.128 e. The lowest BCUT2D eigenvalue weighted by atomic mass is 9.77. The summed E-state index contributed by atoms with van der Waals surface area (Å²) in [5, 5.41) is 19.2. The van der Waals surface area contributed by atoms with E-state index < -0.39 is 0 Å². The van der Waals surface area contributed by atoms with Crippen LogP contribution in [0.25, 0.3) is 0 Å². The molecule has 0 spiro atoms. The Kier molecular flexibility index (Phi) is 3.50. The number of phenols is 2. The van der Waals surface area contributed by atoms with Crippen molar-refractivity contribution in [3.8, 4) is 11.5 Å². The van der Waals surface area contributed by atoms with Gasteiger partial charge in [-0.1, -0.05) is 32.0 Å². The molecule has 0 heterocycles. The third-order valence-corrected chi connectivity index (χ3v) is 3.97. The molecule has 0 saturated heterocycles. The van der Waals surface area contributed by atoms with Crippen LogP contribution in [-0.2, 0) is 5.41 Å². The van der Waals surface area contributed by atoms with E-state index in [0.717, 1.165) is 16.7 Å². The first-order valence-corrected chi connectivity index (χ1v) is 6.59. The van der Waals surface area contributed by atoms with Crippen molar-refractivity contribution in [1.29, 1.82) is 0 Å². The third-order valence-electron chi connectivity index (χ3n) is 3.62. The van der Waals surface area contributed by atoms with Crippen LogP contribution in [0.4, 0.5) is 0 Å². The first-order valence-electron chi connectivity index (χ1n) is 6.15. The van der Waals surface area contributed by atoms with Crippen LogP contribution in [0.15, 0.2) is 41.3 Å². The molecule has 2 aromatic carbocycles. The van der Waals surface area contributed by atoms with Gasteiger partial charge in [0, 0.05) is 10.3 Å². The van der Waals surface area contributed by atoms with Crippen molar-refractivity contribution in [1.82, 2.24) is 0 Å². The lowest BCUT2D eigenvalue weighted by Crippen LogP contribution is -2.19. The largest absolute Gasteiger partial charge is 0.508 e. The minimum atomic E-state index is -0.219. The smallest absolute Gasteiger partial charge is 0.128 e. The van der Waals surface area contributed by atoms with Crippen LogP contribution in [-0.4, -0.2) is 10.2 Å². The molecule has 0 unspecified atom stereocenters. The minimum absolute atomic E-state index is 0.185. The van der Waals surface area contributed by atoms with Crippen molar-refractivity contribution in [2.75, 3.05) is 0 Å². The summed E-state index contributed by atoms with van der Waals surface area (Å²) in [4.78, 5) is 0.570. The maximum absolute atomic E-state index is 9.62. The number of rotatable bonds is 2. The van der Waals surface area contributed by atoms with Gasteiger partial charge in [0.1, 0.15) is 11.5 Å². The fourth-order valence-electron chi connectivity index (χ4n) is 2.12. The van der Waals surface area contributed by atoms with Gasteiger partial charge in [0.25, 0.3) is 0 Å². The van der Waals surface area contributed by atoms with Gasteiger partial charge in [-0.3, -0.25) is 0 Å². The van der Waals surface area contributed by atoms with Crippen molar-refractivity contribution >= 4 is 12.6 Å². The van der Waals surface area contributed by atoms with Gasteiger partial charge in [-0.2, -0.15) is 0 Å². The number of hydrogen-bond acceptors (Lipinski definition) is 3. The molecule has 100 valence electrons. The van der Waals surface area contributed by atoms with Crippen LogP contribution in [0.3, 0.4) is 0 Å². The van der Waals surface area contributed by atoms with Crippen LogP contribution in [0.5, 0.6) is 11.5 Å². The standard InChI is InChI=1S/C16H18O2S/c1-10-8-11(4-6-13(10)17)16(2,3)12-5-7-14(18)15(19)9-12/h4-9,17-19H,1-3H3. The maximum atomic E-state index is 9.62. The van der Waals surface area contributed by atoms with E-state index in [2.05, 4.69) is 26.5 Å². The Labute approximate surface area is 119 Å². The number of thiol groups is 1. The summed E-state index contributed by atoms with van der Waals surface area (Å²) in [6.07, 6.45) is 0. The molecule has 2 N–H and O–H groups in total. The normalized spacial score (nSPS) is 11.6. The summed E-state index contributed by atoms with van der Waals surface area (Å²) in [6.45, 7) is 6.10. The highest BCUT2D eigenvalue weighted by atomic mass is 32.1. The van der Waals surface area contributed by atoms with E-state index >= 15 is 0 Å². The number of aryl methyl sites for hydroxylation is 1. The molecule has 0 aliphatic rings. The lowest BCUT2D eigenvalue weighted by molar-refractivity contribution is 0.461. The van der Waals surface area contributed by atoms with Gasteiger partial charge in [0.15, 0.2) is 0 Å². The van der Waals surface area contributed by atoms with Crippen LogP contribution in [0, 0.1) is 6.92 Å². The SMILES string of the molecule is Cc1cc(C(C)(C)c2ccc(O)c(S)c2)ccc1O. The number of benzene rings is 2. The first kappa shape index (κ1) is 13.8. The number of aromatic hydroxyl groups is 2. The zero-order valence-corrected chi connectivity index (χ0v) is 12.2. The second-order valence-corrected chi connectivity index (χ2v) is 5.81. The highest BCUT2D eigenvalue weighted by Gasteiger charge is 2.24. The zero-order chi connectivity index (χ0) is 14.2. The van der Waals surface area contributed by atoms with Crippen molar-refractivity contribution in [2.24, 2.45) is 0 Å². The minimum Gasteiger partial charge on any atom is -0.508 e. The van der Waals surface area contributed by atoms with E-state index in [0.29, 0.717) is 10.6 Å². The third kappa shape index (κ3) is 2.56. The van der Waals surface area contributed by atoms with Crippen LogP contribution < -0.4 is 0 Å². The molecule has 0 aliphatic carbocycles. The molecule has 0 bridgehead atoms. The van der Waals surface area contributed by atoms with Crippen molar-refractivity contribution in [3.63, 3.8) is 0 Å². The summed E-state index contributed by atoms with van der Waals surface area (Å²) in [7, 11) is 0. The molecular weight excluding hydrogens is 256 g/mol. The summed E-state index contributed by atoms with van der Waals surface area (Å²) < 4.78 is 0. The van der Waals surface area contributed by atoms with E-state index in [4.69, 9.17) is 0 Å². The van der Waals surface area contributed by atoms with Gasteiger partial charge in [-0.05, 0) is 41.8 Å². The van der Waals surface area contributed by atoms with Crippen molar-refractivity contribution < 1.29 is 10.2 Å². The number of phenolic OH excluding ortho intramolecular Hbond substituents is 2. The molecular formula is C16H18O2S. The van der Waals surface area contributed by atoms with Crippen LogP contribution >= 0.6 is 12.6 Å². The summed E-state index contributed by atoms with van der Waals surface area (Å²) >= 11 is 4.26. The average molecular weight is 274 g/mol. The van der Waals surface area contributed by atoms with E-state index in [9.17, 15) is 10.2 Å². The molecule has 0 saturated carbocycles. The molecule has 0 amide bonds. The Balaban J connectivity index is 2.51. The van der Waals surface area contributed by atoms with Crippen molar-refractivity contribution in [3.05, 3.63) is 53.1 Å². The fourth-order valence-corrected chi connectivity index (χ4v) is 2.34. The monoisotopic (exact) mass is 274 g/mol. The predicted octanol–water partition coefficient (Wildman–Crippen LogP) is 4.02. The predicted molar refractivity (Wildman–Crippen MR) is 80.3 cm³/mol. The first-order chi connectivity index (χ1) is 8.82. The molecule has 0 aromatic heterocycles. The van der Waals surface area contributed by atoms with Gasteiger partial charge in [0.2, 0.25) is 0 Å². The molecule has 19 heavy (non-hydrogen) atoms. The summed E-state index contributed by atoms with van der Waals surface area (Å²) in [6, 6.07) is 11.1. The van der Waals surface area contributed by atoms with Gasteiger partial charge < -0.3 is 10.2 Å². The molecule has 3 heteroatoms. The highest BCUT2D eigenvalue weighted by Crippen LogP contribution is 2.36. The fraction of sp³-hybridized carbons (Fsp3) is 0.250. The van der Waals surface area contributed by atoms with E-state index in [-0.39, 0.29) is 11.2 Å². The Hall–Kier alpha value is -1.61. The van der Waals surface area contributed by atoms with Gasteiger partial charge in [-0.25, -0.2) is 0 Å². The molecule has 0 atom stereocenters. The lowest BCUT2D eigenvalue weighted by Gasteiger charge is -2.27. The molecule has 0 fully saturated rings. The quantitative estimate of drug-likeness (QED) is 0.724. The Morgan fingerprint density at radius 3 is 1.95 bits per heavy atom. The van der Waals surface area contributed by atoms with Gasteiger partial charge >= 0.3 is 0 Å². The van der Waals surface area contributed by atoms with Gasteiger partial charge in [-0.15, -0.1) is 12.6 Å².